The van der Waals surface area contributed by atoms with Gasteiger partial charge >= 0.3 is 6.02 Å². The molecule has 0 unspecified atom stereocenters. The van der Waals surface area contributed by atoms with Crippen molar-refractivity contribution in [3.8, 4) is 40.5 Å². The maximum absolute atomic E-state index is 15.2. The summed E-state index contributed by atoms with van der Waals surface area (Å²) in [5, 5.41) is 8.42. The fraction of sp³-hybridized carbons (Fsp3) is 0.250. The van der Waals surface area contributed by atoms with Gasteiger partial charge in [-0.1, -0.05) is 32.8 Å². The van der Waals surface area contributed by atoms with Gasteiger partial charge in [0, 0.05) is 30.1 Å². The number of terminal acetylenes is 1. The average Bonchev–Trinajstić information content (AvgIpc) is 3.13. The Bertz CT molecular complexity index is 1550. The van der Waals surface area contributed by atoms with E-state index < -0.39 is 5.82 Å². The standard InChI is InChI=1S/C26H22FN7O.C2H6/c1-3-9-30-26(29)35-20-8-7-16(12-19(20)27)21-22-24(28)32-14-33-25(22)34-10-5-6-15-11-17(4-2)31-13-18(15)23(21)34;1-2/h2,7-9,11-14,29H,3,5-6,10H2,1H3,(H2,28,32,33);1-2H3/b29-26?,30-9-;. The van der Waals surface area contributed by atoms with Crippen molar-refractivity contribution in [2.45, 2.75) is 46.6 Å². The number of fused-ring (bicyclic) bond motifs is 5. The zero-order chi connectivity index (χ0) is 26.5. The molecule has 0 amide bonds. The van der Waals surface area contributed by atoms with E-state index in [4.69, 9.17) is 22.3 Å². The van der Waals surface area contributed by atoms with Crippen molar-refractivity contribution in [1.29, 1.82) is 5.41 Å². The van der Waals surface area contributed by atoms with Crippen molar-refractivity contribution in [2.24, 2.45) is 4.99 Å². The predicted molar refractivity (Wildman–Crippen MR) is 145 cm³/mol. The van der Waals surface area contributed by atoms with Crippen LogP contribution < -0.4 is 10.5 Å². The van der Waals surface area contributed by atoms with Crippen LogP contribution in [0, 0.1) is 23.6 Å². The highest BCUT2D eigenvalue weighted by atomic mass is 19.1. The summed E-state index contributed by atoms with van der Waals surface area (Å²) >= 11 is 0. The Morgan fingerprint density at radius 2 is 2.11 bits per heavy atom. The van der Waals surface area contributed by atoms with Crippen LogP contribution in [0.2, 0.25) is 0 Å². The molecule has 0 radical (unpaired) electrons. The number of ether oxygens (including phenoxy) is 1. The summed E-state index contributed by atoms with van der Waals surface area (Å²) < 4.78 is 22.5. The Labute approximate surface area is 215 Å². The van der Waals surface area contributed by atoms with Gasteiger partial charge in [-0.3, -0.25) is 0 Å². The molecule has 0 aliphatic carbocycles. The third-order valence-electron chi connectivity index (χ3n) is 5.91. The van der Waals surface area contributed by atoms with Crippen molar-refractivity contribution in [2.75, 3.05) is 5.73 Å². The van der Waals surface area contributed by atoms with Crippen LogP contribution >= 0.6 is 0 Å². The smallest absolute Gasteiger partial charge is 0.314 e. The molecule has 1 aliphatic heterocycles. The molecule has 37 heavy (non-hydrogen) atoms. The second-order valence-corrected chi connectivity index (χ2v) is 8.08. The molecule has 1 aromatic carbocycles. The van der Waals surface area contributed by atoms with E-state index in [0.29, 0.717) is 46.6 Å². The number of aromatic nitrogens is 4. The van der Waals surface area contributed by atoms with E-state index in [9.17, 15) is 0 Å². The molecule has 0 fully saturated rings. The number of hydrogen-bond acceptors (Lipinski definition) is 6. The van der Waals surface area contributed by atoms with Crippen molar-refractivity contribution >= 4 is 29.1 Å². The Hall–Kier alpha value is -4.58. The topological polar surface area (TPSA) is 115 Å². The van der Waals surface area contributed by atoms with Gasteiger partial charge in [0.1, 0.15) is 23.5 Å². The highest BCUT2D eigenvalue weighted by Gasteiger charge is 2.27. The minimum Gasteiger partial charge on any atom is -0.422 e. The summed E-state index contributed by atoms with van der Waals surface area (Å²) in [6.45, 7) is 6.58. The third-order valence-corrected chi connectivity index (χ3v) is 5.91. The number of rotatable bonds is 3. The maximum atomic E-state index is 15.2. The first-order valence-electron chi connectivity index (χ1n) is 12.2. The van der Waals surface area contributed by atoms with Gasteiger partial charge < -0.3 is 15.0 Å². The van der Waals surface area contributed by atoms with Crippen LogP contribution in [0.25, 0.3) is 33.4 Å². The number of aliphatic imine (C=N–C) groups is 1. The van der Waals surface area contributed by atoms with Crippen LogP contribution in [0.3, 0.4) is 0 Å². The number of amidine groups is 1. The maximum Gasteiger partial charge on any atom is 0.314 e. The Balaban J connectivity index is 0.00000156. The minimum absolute atomic E-state index is 0.0911. The predicted octanol–water partition coefficient (Wildman–Crippen LogP) is 5.63. The number of halogens is 1. The summed E-state index contributed by atoms with van der Waals surface area (Å²) in [6.07, 6.45) is 12.6. The highest BCUT2D eigenvalue weighted by Crippen LogP contribution is 2.45. The molecular formula is C28H28FN7O. The van der Waals surface area contributed by atoms with Gasteiger partial charge in [-0.15, -0.1) is 6.42 Å². The number of aryl methyl sites for hydroxylation is 2. The number of nitrogen functional groups attached to an aromatic ring is 1. The molecular weight excluding hydrogens is 469 g/mol. The Morgan fingerprint density at radius 3 is 2.84 bits per heavy atom. The molecule has 0 spiro atoms. The van der Waals surface area contributed by atoms with Crippen LogP contribution in [0.4, 0.5) is 10.2 Å². The first kappa shape index (κ1) is 25.5. The summed E-state index contributed by atoms with van der Waals surface area (Å²) in [7, 11) is 0. The number of nitrogens with zero attached hydrogens (tertiary/aromatic N) is 5. The lowest BCUT2D eigenvalue weighted by Gasteiger charge is -2.12. The van der Waals surface area contributed by atoms with E-state index in [1.54, 1.807) is 12.3 Å². The highest BCUT2D eigenvalue weighted by molar-refractivity contribution is 6.08. The zero-order valence-corrected chi connectivity index (χ0v) is 21.0. The van der Waals surface area contributed by atoms with Gasteiger partial charge in [0.2, 0.25) is 0 Å². The largest absolute Gasteiger partial charge is 0.422 e. The normalized spacial score (nSPS) is 12.2. The third kappa shape index (κ3) is 4.78. The molecule has 0 bridgehead atoms. The van der Waals surface area contributed by atoms with Gasteiger partial charge in [0.25, 0.3) is 0 Å². The van der Waals surface area contributed by atoms with E-state index >= 15 is 4.39 Å². The Morgan fingerprint density at radius 1 is 1.30 bits per heavy atom. The van der Waals surface area contributed by atoms with E-state index in [1.165, 1.54) is 24.7 Å². The monoisotopic (exact) mass is 497 g/mol. The van der Waals surface area contributed by atoms with Crippen LogP contribution in [0.1, 0.15) is 44.9 Å². The first-order chi connectivity index (χ1) is 18.0. The molecule has 8 nitrogen and oxygen atoms in total. The van der Waals surface area contributed by atoms with Crippen molar-refractivity contribution in [1.82, 2.24) is 19.5 Å². The van der Waals surface area contributed by atoms with Crippen molar-refractivity contribution < 1.29 is 9.13 Å². The summed E-state index contributed by atoms with van der Waals surface area (Å²) in [5.41, 5.74) is 11.6. The van der Waals surface area contributed by atoms with Gasteiger partial charge in [0.15, 0.2) is 11.6 Å². The number of nitrogens with two attached hydrogens (primary N) is 1. The molecule has 5 rings (SSSR count). The van der Waals surface area contributed by atoms with Gasteiger partial charge in [-0.25, -0.2) is 29.7 Å². The first-order valence-corrected chi connectivity index (χ1v) is 12.2. The van der Waals surface area contributed by atoms with Crippen LogP contribution in [0.15, 0.2) is 41.8 Å². The molecule has 0 saturated heterocycles. The molecule has 0 saturated carbocycles. The van der Waals surface area contributed by atoms with Gasteiger partial charge in [-0.2, -0.15) is 0 Å². The second kappa shape index (κ2) is 11.0. The lowest BCUT2D eigenvalue weighted by Crippen LogP contribution is -2.05. The molecule has 188 valence electrons. The van der Waals surface area contributed by atoms with Crippen LogP contribution in [-0.2, 0) is 13.0 Å². The summed E-state index contributed by atoms with van der Waals surface area (Å²) in [4.78, 5) is 17.0. The Kier molecular flexibility index (Phi) is 7.58. The van der Waals surface area contributed by atoms with Crippen molar-refractivity contribution in [3.63, 3.8) is 0 Å². The SMILES string of the molecule is C#Cc1cc2c(cn1)-c1c(-c3ccc(OC(=N)/N=C\CC)c(F)c3)c3c(N)ncnc3n1CCC2.CC. The number of nitrogens with one attached hydrogen (secondary N) is 1. The molecule has 3 aromatic heterocycles. The van der Waals surface area contributed by atoms with E-state index in [0.717, 1.165) is 29.7 Å². The van der Waals surface area contributed by atoms with E-state index in [1.807, 2.05) is 26.8 Å². The number of anilines is 1. The van der Waals surface area contributed by atoms with Crippen molar-refractivity contribution in [3.05, 3.63) is 53.9 Å². The molecule has 4 heterocycles. The quantitative estimate of drug-likeness (QED) is 0.216. The van der Waals surface area contributed by atoms with Gasteiger partial charge in [0.05, 0.1) is 11.1 Å². The van der Waals surface area contributed by atoms with Crippen LogP contribution in [0.5, 0.6) is 5.75 Å². The zero-order valence-electron chi connectivity index (χ0n) is 21.0. The van der Waals surface area contributed by atoms with Crippen LogP contribution in [-0.4, -0.2) is 31.8 Å². The molecule has 4 aromatic rings. The minimum atomic E-state index is -0.628. The second-order valence-electron chi connectivity index (χ2n) is 8.08. The molecule has 3 N–H and O–H groups in total. The number of pyridine rings is 1. The fourth-order valence-electron chi connectivity index (χ4n) is 4.44. The van der Waals surface area contributed by atoms with Gasteiger partial charge in [-0.05, 0) is 48.6 Å². The molecule has 9 heteroatoms. The lowest BCUT2D eigenvalue weighted by atomic mass is 9.95. The molecule has 1 aliphatic rings. The van der Waals surface area contributed by atoms with E-state index in [2.05, 4.69) is 30.4 Å². The number of hydrogen-bond donors (Lipinski definition) is 2. The summed E-state index contributed by atoms with van der Waals surface area (Å²) in [6, 6.07) is 6.10. The summed E-state index contributed by atoms with van der Waals surface area (Å²) in [5.74, 6) is 2.18. The average molecular weight is 498 g/mol. The molecule has 0 atom stereocenters. The van der Waals surface area contributed by atoms with E-state index in [-0.39, 0.29) is 11.8 Å². The lowest BCUT2D eigenvalue weighted by molar-refractivity contribution is 0.483. The fourth-order valence-corrected chi connectivity index (χ4v) is 4.44. The number of benzene rings is 1.